The molecule has 0 aliphatic carbocycles. The van der Waals surface area contributed by atoms with Crippen LogP contribution in [0.1, 0.15) is 50.8 Å². The van der Waals surface area contributed by atoms with Crippen molar-refractivity contribution in [1.29, 1.82) is 0 Å². The molecule has 1 aromatic rings. The summed E-state index contributed by atoms with van der Waals surface area (Å²) in [5.41, 5.74) is 4.33. The summed E-state index contributed by atoms with van der Waals surface area (Å²) >= 11 is 0. The Labute approximate surface area is 143 Å². The lowest BCUT2D eigenvalue weighted by Crippen LogP contribution is -2.44. The Hall–Kier alpha value is -1.83. The van der Waals surface area contributed by atoms with E-state index >= 15 is 0 Å². The molecule has 0 radical (unpaired) electrons. The first-order valence-electron chi connectivity index (χ1n) is 8.02. The van der Waals surface area contributed by atoms with E-state index in [9.17, 15) is 22.4 Å². The summed E-state index contributed by atoms with van der Waals surface area (Å²) in [5.74, 6) is -1.37. The van der Waals surface area contributed by atoms with Crippen LogP contribution in [-0.4, -0.2) is 29.2 Å². The van der Waals surface area contributed by atoms with E-state index in [1.165, 1.54) is 4.90 Å². The Kier molecular flexibility index (Phi) is 5.32. The van der Waals surface area contributed by atoms with Crippen LogP contribution in [0.15, 0.2) is 18.2 Å². The van der Waals surface area contributed by atoms with Gasteiger partial charge < -0.3 is 15.4 Å². The zero-order valence-electron chi connectivity index (χ0n) is 14.4. The van der Waals surface area contributed by atoms with E-state index in [1.807, 2.05) is 0 Å². The average molecular weight is 362 g/mol. The summed E-state index contributed by atoms with van der Waals surface area (Å²) in [4.78, 5) is 13.7. The highest BCUT2D eigenvalue weighted by atomic mass is 19.4. The van der Waals surface area contributed by atoms with E-state index in [0.29, 0.717) is 25.5 Å². The van der Waals surface area contributed by atoms with E-state index in [1.54, 1.807) is 20.8 Å². The van der Waals surface area contributed by atoms with Gasteiger partial charge in [0.1, 0.15) is 11.4 Å². The number of halogens is 4. The fraction of sp³-hybridized carbons (Fsp3) is 0.588. The van der Waals surface area contributed by atoms with Gasteiger partial charge in [-0.3, -0.25) is 0 Å². The molecule has 0 aromatic heterocycles. The van der Waals surface area contributed by atoms with Gasteiger partial charge in [0.25, 0.3) is 0 Å². The number of amides is 1. The summed E-state index contributed by atoms with van der Waals surface area (Å²) in [6.07, 6.45) is -4.02. The molecule has 1 saturated heterocycles. The largest absolute Gasteiger partial charge is 0.444 e. The number of carbonyl (C=O) groups is 1. The van der Waals surface area contributed by atoms with Crippen LogP contribution in [0.4, 0.5) is 22.4 Å². The van der Waals surface area contributed by atoms with Crippen LogP contribution < -0.4 is 5.73 Å². The third-order valence-corrected chi connectivity index (χ3v) is 4.03. The Morgan fingerprint density at radius 2 is 1.96 bits per heavy atom. The van der Waals surface area contributed by atoms with Crippen LogP contribution in [0.5, 0.6) is 0 Å². The first kappa shape index (κ1) is 19.5. The van der Waals surface area contributed by atoms with Crippen molar-refractivity contribution in [2.45, 2.75) is 57.5 Å². The molecule has 0 bridgehead atoms. The van der Waals surface area contributed by atoms with Crippen molar-refractivity contribution in [3.63, 3.8) is 0 Å². The highest BCUT2D eigenvalue weighted by molar-refractivity contribution is 5.69. The van der Waals surface area contributed by atoms with Crippen LogP contribution in [0, 0.1) is 5.82 Å². The number of ether oxygens (including phenoxy) is 1. The second-order valence-electron chi connectivity index (χ2n) is 7.15. The lowest BCUT2D eigenvalue weighted by atomic mass is 9.97. The molecule has 2 atom stereocenters. The van der Waals surface area contributed by atoms with E-state index in [0.717, 1.165) is 12.1 Å². The first-order chi connectivity index (χ1) is 11.4. The smallest absolute Gasteiger partial charge is 0.419 e. The standard InChI is InChI=1S/C17H22F4N2O2/c1-16(2,3)25-15(24)23-8-4-5-13(23)14(22)10-6-7-11(12(18)9-10)17(19,20)21/h6-7,9,13-14H,4-5,8,22H2,1-3H3/t13-,14+/m1/s1. The maximum absolute atomic E-state index is 13.8. The molecule has 1 aromatic carbocycles. The normalized spacial score (nSPS) is 19.8. The average Bonchev–Trinajstić information content (AvgIpc) is 2.92. The molecule has 1 aliphatic rings. The van der Waals surface area contributed by atoms with Gasteiger partial charge in [-0.05, 0) is 51.3 Å². The molecule has 140 valence electrons. The lowest BCUT2D eigenvalue weighted by Gasteiger charge is -2.32. The van der Waals surface area contributed by atoms with E-state index in [2.05, 4.69) is 0 Å². The molecule has 25 heavy (non-hydrogen) atoms. The number of alkyl halides is 3. The molecule has 0 saturated carbocycles. The van der Waals surface area contributed by atoms with Crippen molar-refractivity contribution in [2.75, 3.05) is 6.54 Å². The summed E-state index contributed by atoms with van der Waals surface area (Å²) in [6.45, 7) is 5.65. The van der Waals surface area contributed by atoms with Gasteiger partial charge >= 0.3 is 12.3 Å². The SMILES string of the molecule is CC(C)(C)OC(=O)N1CCC[C@@H]1[C@@H](N)c1ccc(C(F)(F)F)c(F)c1. The molecule has 4 nitrogen and oxygen atoms in total. The third kappa shape index (κ3) is 4.62. The van der Waals surface area contributed by atoms with Crippen LogP contribution >= 0.6 is 0 Å². The molecule has 1 aliphatic heterocycles. The van der Waals surface area contributed by atoms with Crippen molar-refractivity contribution >= 4 is 6.09 Å². The molecule has 0 spiro atoms. The maximum atomic E-state index is 13.8. The van der Waals surface area contributed by atoms with E-state index in [4.69, 9.17) is 10.5 Å². The number of rotatable bonds is 2. The van der Waals surface area contributed by atoms with Crippen molar-refractivity contribution in [3.8, 4) is 0 Å². The minimum Gasteiger partial charge on any atom is -0.444 e. The van der Waals surface area contributed by atoms with Gasteiger partial charge in [-0.2, -0.15) is 13.2 Å². The quantitative estimate of drug-likeness (QED) is 0.801. The summed E-state index contributed by atoms with van der Waals surface area (Å²) in [5, 5.41) is 0. The molecule has 0 unspecified atom stereocenters. The Balaban J connectivity index is 2.20. The van der Waals surface area contributed by atoms with Gasteiger partial charge in [0.15, 0.2) is 0 Å². The minimum absolute atomic E-state index is 0.214. The molecule has 1 heterocycles. The Morgan fingerprint density at radius 3 is 2.48 bits per heavy atom. The van der Waals surface area contributed by atoms with Crippen LogP contribution in [0.3, 0.4) is 0 Å². The molecule has 8 heteroatoms. The third-order valence-electron chi connectivity index (χ3n) is 4.03. The second-order valence-corrected chi connectivity index (χ2v) is 7.15. The second kappa shape index (κ2) is 6.82. The number of hydrogen-bond donors (Lipinski definition) is 1. The van der Waals surface area contributed by atoms with Crippen molar-refractivity contribution in [2.24, 2.45) is 5.73 Å². The molecule has 2 N–H and O–H groups in total. The maximum Gasteiger partial charge on any atom is 0.419 e. The van der Waals surface area contributed by atoms with Crippen LogP contribution in [0.2, 0.25) is 0 Å². The predicted octanol–water partition coefficient (Wildman–Crippen LogP) is 4.24. The number of nitrogens with two attached hydrogens (primary N) is 1. The fourth-order valence-corrected chi connectivity index (χ4v) is 2.90. The lowest BCUT2D eigenvalue weighted by molar-refractivity contribution is -0.140. The van der Waals surface area contributed by atoms with Gasteiger partial charge in [0, 0.05) is 6.54 Å². The molecule has 2 rings (SSSR count). The zero-order chi connectivity index (χ0) is 19.0. The Bertz CT molecular complexity index is 641. The van der Waals surface area contributed by atoms with Gasteiger partial charge in [0.05, 0.1) is 17.6 Å². The van der Waals surface area contributed by atoms with Gasteiger partial charge in [0.2, 0.25) is 0 Å². The van der Waals surface area contributed by atoms with Gasteiger partial charge in [-0.25, -0.2) is 9.18 Å². The highest BCUT2D eigenvalue weighted by Gasteiger charge is 2.38. The van der Waals surface area contributed by atoms with Crippen LogP contribution in [-0.2, 0) is 10.9 Å². The molecular formula is C17H22F4N2O2. The van der Waals surface area contributed by atoms with Gasteiger partial charge in [-0.1, -0.05) is 6.07 Å². The van der Waals surface area contributed by atoms with Gasteiger partial charge in [-0.15, -0.1) is 0 Å². The number of hydrogen-bond acceptors (Lipinski definition) is 3. The fourth-order valence-electron chi connectivity index (χ4n) is 2.90. The minimum atomic E-state index is -4.76. The van der Waals surface area contributed by atoms with Crippen LogP contribution in [0.25, 0.3) is 0 Å². The topological polar surface area (TPSA) is 55.6 Å². The van der Waals surface area contributed by atoms with E-state index in [-0.39, 0.29) is 5.56 Å². The number of likely N-dealkylation sites (tertiary alicyclic amines) is 1. The molecule has 1 amide bonds. The van der Waals surface area contributed by atoms with E-state index < -0.39 is 41.3 Å². The van der Waals surface area contributed by atoms with Crippen molar-refractivity contribution < 1.29 is 27.1 Å². The Morgan fingerprint density at radius 1 is 1.32 bits per heavy atom. The monoisotopic (exact) mass is 362 g/mol. The summed E-state index contributed by atoms with van der Waals surface area (Å²) < 4.78 is 57.1. The predicted molar refractivity (Wildman–Crippen MR) is 84.3 cm³/mol. The van der Waals surface area contributed by atoms with Crippen molar-refractivity contribution in [3.05, 3.63) is 35.1 Å². The van der Waals surface area contributed by atoms with Crippen molar-refractivity contribution in [1.82, 2.24) is 4.90 Å². The first-order valence-corrected chi connectivity index (χ1v) is 8.02. The molecular weight excluding hydrogens is 340 g/mol. The summed E-state index contributed by atoms with van der Waals surface area (Å²) in [6, 6.07) is 1.37. The molecule has 1 fully saturated rings. The number of carbonyl (C=O) groups excluding carboxylic acids is 1. The summed E-state index contributed by atoms with van der Waals surface area (Å²) in [7, 11) is 0. The number of benzene rings is 1. The zero-order valence-corrected chi connectivity index (χ0v) is 14.4. The number of nitrogens with zero attached hydrogens (tertiary/aromatic N) is 1. The highest BCUT2D eigenvalue weighted by Crippen LogP contribution is 2.34.